The minimum Gasteiger partial charge on any atom is -0.370 e. The molecule has 0 saturated carbocycles. The van der Waals surface area contributed by atoms with Crippen LogP contribution in [0.5, 0.6) is 0 Å². The van der Waals surface area contributed by atoms with E-state index in [1.165, 1.54) is 4.88 Å². The van der Waals surface area contributed by atoms with E-state index in [-0.39, 0.29) is 0 Å². The van der Waals surface area contributed by atoms with E-state index in [2.05, 4.69) is 43.9 Å². The van der Waals surface area contributed by atoms with Crippen LogP contribution in [0.25, 0.3) is 0 Å². The molecular formula is C14H20N6S. The molecule has 1 aliphatic heterocycles. The second-order valence-electron chi connectivity index (χ2n) is 5.00. The van der Waals surface area contributed by atoms with Crippen LogP contribution in [-0.4, -0.2) is 47.7 Å². The van der Waals surface area contributed by atoms with Gasteiger partial charge in [0.1, 0.15) is 5.82 Å². The van der Waals surface area contributed by atoms with E-state index in [1.807, 2.05) is 18.5 Å². The number of nitrogens with one attached hydrogen (secondary N) is 1. The summed E-state index contributed by atoms with van der Waals surface area (Å²) in [7, 11) is 0. The molecule has 1 N–H and O–H groups in total. The third-order valence-electron chi connectivity index (χ3n) is 3.44. The lowest BCUT2D eigenvalue weighted by atomic mass is 10.3. The smallest absolute Gasteiger partial charge is 0.227 e. The Labute approximate surface area is 128 Å². The van der Waals surface area contributed by atoms with Crippen molar-refractivity contribution in [2.45, 2.75) is 13.8 Å². The minimum absolute atomic E-state index is 0.809. The second-order valence-corrected chi connectivity index (χ2v) is 6.21. The number of nitrogens with zero attached hydrogens (tertiary/aromatic N) is 5. The Hall–Kier alpha value is -1.89. The maximum absolute atomic E-state index is 4.56. The third-order valence-corrected chi connectivity index (χ3v) is 4.42. The lowest BCUT2D eigenvalue weighted by Gasteiger charge is -2.34. The van der Waals surface area contributed by atoms with E-state index in [4.69, 9.17) is 0 Å². The molecule has 0 atom stereocenters. The normalized spacial score (nSPS) is 15.3. The van der Waals surface area contributed by atoms with Crippen molar-refractivity contribution in [3.8, 4) is 0 Å². The zero-order valence-electron chi connectivity index (χ0n) is 12.4. The molecule has 2 aromatic heterocycles. The average molecular weight is 304 g/mol. The molecule has 0 aliphatic carbocycles. The van der Waals surface area contributed by atoms with Crippen LogP contribution in [0.1, 0.15) is 11.8 Å². The molecule has 1 saturated heterocycles. The van der Waals surface area contributed by atoms with Gasteiger partial charge in [-0.05, 0) is 19.9 Å². The van der Waals surface area contributed by atoms with Gasteiger partial charge in [-0.15, -0.1) is 11.3 Å². The molecule has 0 spiro atoms. The Morgan fingerprint density at radius 1 is 1.19 bits per heavy atom. The number of rotatable bonds is 4. The zero-order chi connectivity index (χ0) is 14.7. The average Bonchev–Trinajstić information content (AvgIpc) is 2.95. The summed E-state index contributed by atoms with van der Waals surface area (Å²) in [5.41, 5.74) is 0. The molecule has 3 rings (SSSR count). The fourth-order valence-corrected chi connectivity index (χ4v) is 3.18. The molecule has 0 amide bonds. The molecule has 1 aliphatic rings. The van der Waals surface area contributed by atoms with E-state index >= 15 is 0 Å². The summed E-state index contributed by atoms with van der Waals surface area (Å²) in [5, 5.41) is 4.35. The molecule has 6 nitrogen and oxygen atoms in total. The van der Waals surface area contributed by atoms with Gasteiger partial charge in [0.05, 0.1) is 0 Å². The lowest BCUT2D eigenvalue weighted by molar-refractivity contribution is 0.639. The van der Waals surface area contributed by atoms with E-state index in [1.54, 1.807) is 11.3 Å². The lowest BCUT2D eigenvalue weighted by Crippen LogP contribution is -2.47. The van der Waals surface area contributed by atoms with Crippen molar-refractivity contribution in [1.29, 1.82) is 0 Å². The Morgan fingerprint density at radius 3 is 2.62 bits per heavy atom. The van der Waals surface area contributed by atoms with Gasteiger partial charge in [0.15, 0.2) is 5.13 Å². The van der Waals surface area contributed by atoms with Gasteiger partial charge < -0.3 is 15.1 Å². The fourth-order valence-electron chi connectivity index (χ4n) is 2.37. The SMILES string of the molecule is CCNc1ccnc(N2CCN(c3ncc(C)s3)CC2)n1. The van der Waals surface area contributed by atoms with Crippen LogP contribution in [0.4, 0.5) is 16.9 Å². The summed E-state index contributed by atoms with van der Waals surface area (Å²) < 4.78 is 0. The zero-order valence-corrected chi connectivity index (χ0v) is 13.2. The quantitative estimate of drug-likeness (QED) is 0.932. The van der Waals surface area contributed by atoms with Gasteiger partial charge in [0, 0.05) is 50.0 Å². The summed E-state index contributed by atoms with van der Waals surface area (Å²) in [6.45, 7) is 8.80. The summed E-state index contributed by atoms with van der Waals surface area (Å²) in [6, 6.07) is 1.90. The van der Waals surface area contributed by atoms with Crippen LogP contribution in [-0.2, 0) is 0 Å². The number of hydrogen-bond donors (Lipinski definition) is 1. The minimum atomic E-state index is 0.809. The molecular weight excluding hydrogens is 284 g/mol. The first-order valence-corrected chi connectivity index (χ1v) is 8.07. The number of piperazine rings is 1. The highest BCUT2D eigenvalue weighted by Gasteiger charge is 2.20. The van der Waals surface area contributed by atoms with Crippen LogP contribution in [0.2, 0.25) is 0 Å². The number of hydrogen-bond acceptors (Lipinski definition) is 7. The van der Waals surface area contributed by atoms with Crippen molar-refractivity contribution in [1.82, 2.24) is 15.0 Å². The maximum Gasteiger partial charge on any atom is 0.227 e. The Bertz CT molecular complexity index is 591. The summed E-state index contributed by atoms with van der Waals surface area (Å²) >= 11 is 1.76. The Balaban J connectivity index is 1.64. The predicted molar refractivity (Wildman–Crippen MR) is 87.5 cm³/mol. The number of aryl methyl sites for hydroxylation is 1. The predicted octanol–water partition coefficient (Wildman–Crippen LogP) is 2.00. The molecule has 112 valence electrons. The van der Waals surface area contributed by atoms with Crippen molar-refractivity contribution < 1.29 is 0 Å². The van der Waals surface area contributed by atoms with E-state index in [0.29, 0.717) is 0 Å². The van der Waals surface area contributed by atoms with Gasteiger partial charge in [-0.25, -0.2) is 9.97 Å². The van der Waals surface area contributed by atoms with Gasteiger partial charge in [0.25, 0.3) is 0 Å². The monoisotopic (exact) mass is 304 g/mol. The third kappa shape index (κ3) is 3.24. The summed E-state index contributed by atoms with van der Waals surface area (Å²) in [6.07, 6.45) is 3.76. The van der Waals surface area contributed by atoms with E-state index in [9.17, 15) is 0 Å². The fraction of sp³-hybridized carbons (Fsp3) is 0.500. The molecule has 1 fully saturated rings. The van der Waals surface area contributed by atoms with Crippen LogP contribution < -0.4 is 15.1 Å². The number of anilines is 3. The molecule has 7 heteroatoms. The van der Waals surface area contributed by atoms with Gasteiger partial charge in [-0.1, -0.05) is 0 Å². The van der Waals surface area contributed by atoms with Gasteiger partial charge in [-0.2, -0.15) is 4.98 Å². The van der Waals surface area contributed by atoms with Crippen molar-refractivity contribution >= 4 is 28.2 Å². The highest BCUT2D eigenvalue weighted by atomic mass is 32.1. The molecule has 0 radical (unpaired) electrons. The molecule has 3 heterocycles. The first-order chi connectivity index (χ1) is 10.3. The molecule has 21 heavy (non-hydrogen) atoms. The molecule has 0 bridgehead atoms. The van der Waals surface area contributed by atoms with Crippen molar-refractivity contribution in [2.24, 2.45) is 0 Å². The van der Waals surface area contributed by atoms with Gasteiger partial charge >= 0.3 is 0 Å². The Kier molecular flexibility index (Phi) is 4.19. The highest BCUT2D eigenvalue weighted by molar-refractivity contribution is 7.15. The van der Waals surface area contributed by atoms with Crippen molar-refractivity contribution in [3.05, 3.63) is 23.3 Å². The topological polar surface area (TPSA) is 57.2 Å². The number of thiazole rings is 1. The van der Waals surface area contributed by atoms with Crippen LogP contribution in [0.3, 0.4) is 0 Å². The van der Waals surface area contributed by atoms with Crippen LogP contribution in [0.15, 0.2) is 18.5 Å². The largest absolute Gasteiger partial charge is 0.370 e. The first kappa shape index (κ1) is 14.1. The van der Waals surface area contributed by atoms with Crippen molar-refractivity contribution in [3.63, 3.8) is 0 Å². The number of aromatic nitrogens is 3. The second kappa shape index (κ2) is 6.26. The molecule has 0 aromatic carbocycles. The van der Waals surface area contributed by atoms with E-state index in [0.717, 1.165) is 49.6 Å². The molecule has 2 aromatic rings. The Morgan fingerprint density at radius 2 is 1.95 bits per heavy atom. The standard InChI is InChI=1S/C14H20N6S/c1-3-15-12-4-5-16-13(18-12)19-6-8-20(9-7-19)14-17-10-11(2)21-14/h4-5,10H,3,6-9H2,1-2H3,(H,15,16,18). The van der Waals surface area contributed by atoms with Crippen molar-refractivity contribution in [2.75, 3.05) is 47.8 Å². The maximum atomic E-state index is 4.56. The highest BCUT2D eigenvalue weighted by Crippen LogP contribution is 2.23. The van der Waals surface area contributed by atoms with E-state index < -0.39 is 0 Å². The van der Waals surface area contributed by atoms with Crippen LogP contribution in [0, 0.1) is 6.92 Å². The summed E-state index contributed by atoms with van der Waals surface area (Å²) in [5.74, 6) is 1.70. The summed E-state index contributed by atoms with van der Waals surface area (Å²) in [4.78, 5) is 19.2. The van der Waals surface area contributed by atoms with Gasteiger partial charge in [-0.3, -0.25) is 0 Å². The van der Waals surface area contributed by atoms with Crippen LogP contribution >= 0.6 is 11.3 Å². The first-order valence-electron chi connectivity index (χ1n) is 7.25. The van der Waals surface area contributed by atoms with Gasteiger partial charge in [0.2, 0.25) is 5.95 Å². The molecule has 0 unspecified atom stereocenters.